The topological polar surface area (TPSA) is 65.3 Å². The van der Waals surface area contributed by atoms with Crippen molar-refractivity contribution in [2.24, 2.45) is 0 Å². The van der Waals surface area contributed by atoms with E-state index in [4.69, 9.17) is 9.47 Å². The lowest BCUT2D eigenvalue weighted by molar-refractivity contribution is 0.0231. The summed E-state index contributed by atoms with van der Waals surface area (Å²) in [6.07, 6.45) is 3.95. The molecule has 0 radical (unpaired) electrons. The number of pyridine rings is 1. The molecule has 0 unspecified atom stereocenters. The zero-order valence-electron chi connectivity index (χ0n) is 13.1. The Hall–Kier alpha value is -1.99. The normalized spacial score (nSPS) is 19.5. The molecule has 4 heterocycles. The Kier molecular flexibility index (Phi) is 4.21. The molecule has 0 aliphatic carbocycles. The van der Waals surface area contributed by atoms with Crippen molar-refractivity contribution in [3.05, 3.63) is 36.0 Å². The number of hydrogen-bond acceptors (Lipinski definition) is 6. The molecular weight excluding hydrogens is 294 g/mol. The molecule has 0 amide bonds. The van der Waals surface area contributed by atoms with E-state index in [1.54, 1.807) is 6.20 Å². The Bertz CT molecular complexity index is 639. The molecule has 1 saturated heterocycles. The van der Waals surface area contributed by atoms with Gasteiger partial charge >= 0.3 is 0 Å². The zero-order chi connectivity index (χ0) is 15.5. The van der Waals surface area contributed by atoms with Crippen LogP contribution in [0.25, 0.3) is 0 Å². The summed E-state index contributed by atoms with van der Waals surface area (Å²) in [6.45, 7) is 4.96. The lowest BCUT2D eigenvalue weighted by atomic mass is 10.1. The highest BCUT2D eigenvalue weighted by Crippen LogP contribution is 2.21. The third kappa shape index (κ3) is 3.20. The predicted molar refractivity (Wildman–Crippen MR) is 82.8 cm³/mol. The van der Waals surface area contributed by atoms with Crippen LogP contribution in [-0.2, 0) is 24.4 Å². The van der Waals surface area contributed by atoms with Gasteiger partial charge in [-0.05, 0) is 18.9 Å². The number of rotatable bonds is 4. The minimum absolute atomic E-state index is 0.404. The summed E-state index contributed by atoms with van der Waals surface area (Å²) < 4.78 is 13.3. The maximum atomic E-state index is 5.70. The van der Waals surface area contributed by atoms with Crippen LogP contribution in [0.2, 0.25) is 0 Å². The molecule has 2 aliphatic rings. The zero-order valence-corrected chi connectivity index (χ0v) is 13.1. The molecule has 0 saturated carbocycles. The second kappa shape index (κ2) is 6.64. The van der Waals surface area contributed by atoms with Crippen molar-refractivity contribution in [1.82, 2.24) is 24.6 Å². The van der Waals surface area contributed by atoms with Gasteiger partial charge in [-0.1, -0.05) is 6.07 Å². The van der Waals surface area contributed by atoms with Crippen molar-refractivity contribution < 1.29 is 9.47 Å². The standard InChI is InChI=1S/C16H21N5O2/c1-2-6-17-16(3-1)23-12-15-19-18-14-11-20(7-8-21(14)15)13-4-9-22-10-5-13/h1-3,6,13H,4-5,7-12H2. The van der Waals surface area contributed by atoms with Crippen LogP contribution < -0.4 is 4.74 Å². The Morgan fingerprint density at radius 3 is 2.91 bits per heavy atom. The quantitative estimate of drug-likeness (QED) is 0.846. The van der Waals surface area contributed by atoms with Gasteiger partial charge in [0.25, 0.3) is 0 Å². The molecule has 0 bridgehead atoms. The van der Waals surface area contributed by atoms with Gasteiger partial charge in [-0.3, -0.25) is 4.90 Å². The fourth-order valence-corrected chi connectivity index (χ4v) is 3.28. The fraction of sp³-hybridized carbons (Fsp3) is 0.562. The Balaban J connectivity index is 1.40. The van der Waals surface area contributed by atoms with E-state index in [9.17, 15) is 0 Å². The monoisotopic (exact) mass is 315 g/mol. The first kappa shape index (κ1) is 14.6. The molecule has 1 fully saturated rings. The van der Waals surface area contributed by atoms with Gasteiger partial charge in [0.05, 0.1) is 6.54 Å². The van der Waals surface area contributed by atoms with Gasteiger partial charge in [-0.15, -0.1) is 10.2 Å². The summed E-state index contributed by atoms with van der Waals surface area (Å²) in [6, 6.07) is 6.24. The maximum absolute atomic E-state index is 5.70. The van der Waals surface area contributed by atoms with Crippen LogP contribution in [0.4, 0.5) is 0 Å². The predicted octanol–water partition coefficient (Wildman–Crippen LogP) is 1.25. The molecular formula is C16H21N5O2. The van der Waals surface area contributed by atoms with E-state index >= 15 is 0 Å². The van der Waals surface area contributed by atoms with E-state index in [2.05, 4.69) is 24.6 Å². The Labute approximate surface area is 135 Å². The van der Waals surface area contributed by atoms with Crippen molar-refractivity contribution >= 4 is 0 Å². The number of ether oxygens (including phenoxy) is 2. The first-order valence-corrected chi connectivity index (χ1v) is 8.17. The minimum Gasteiger partial charge on any atom is -0.469 e. The summed E-state index contributed by atoms with van der Waals surface area (Å²) in [7, 11) is 0. The molecule has 2 aromatic heterocycles. The van der Waals surface area contributed by atoms with Crippen molar-refractivity contribution in [3.63, 3.8) is 0 Å². The van der Waals surface area contributed by atoms with E-state index < -0.39 is 0 Å². The second-order valence-electron chi connectivity index (χ2n) is 5.95. The van der Waals surface area contributed by atoms with Crippen molar-refractivity contribution in [2.75, 3.05) is 19.8 Å². The molecule has 0 atom stereocenters. The number of hydrogen-bond donors (Lipinski definition) is 0. The lowest BCUT2D eigenvalue weighted by Crippen LogP contribution is -2.44. The van der Waals surface area contributed by atoms with E-state index in [0.29, 0.717) is 18.5 Å². The first-order chi connectivity index (χ1) is 11.4. The van der Waals surface area contributed by atoms with Crippen LogP contribution in [0.5, 0.6) is 5.88 Å². The third-order valence-corrected chi connectivity index (χ3v) is 4.55. The van der Waals surface area contributed by atoms with Crippen LogP contribution in [0, 0.1) is 0 Å². The third-order valence-electron chi connectivity index (χ3n) is 4.55. The Morgan fingerprint density at radius 2 is 2.09 bits per heavy atom. The summed E-state index contributed by atoms with van der Waals surface area (Å²) in [4.78, 5) is 6.67. The second-order valence-corrected chi connectivity index (χ2v) is 5.95. The highest BCUT2D eigenvalue weighted by molar-refractivity contribution is 5.10. The van der Waals surface area contributed by atoms with Gasteiger partial charge in [0.1, 0.15) is 12.4 Å². The van der Waals surface area contributed by atoms with Gasteiger partial charge in [0, 0.05) is 44.6 Å². The summed E-state index contributed by atoms with van der Waals surface area (Å²) in [5.74, 6) is 2.52. The molecule has 0 spiro atoms. The van der Waals surface area contributed by atoms with Crippen LogP contribution in [0.3, 0.4) is 0 Å². The van der Waals surface area contributed by atoms with Crippen LogP contribution in [0.15, 0.2) is 24.4 Å². The van der Waals surface area contributed by atoms with Crippen molar-refractivity contribution in [3.8, 4) is 5.88 Å². The number of fused-ring (bicyclic) bond motifs is 1. The van der Waals surface area contributed by atoms with Crippen LogP contribution >= 0.6 is 0 Å². The average Bonchev–Trinajstić information content (AvgIpc) is 3.04. The van der Waals surface area contributed by atoms with Gasteiger partial charge < -0.3 is 14.0 Å². The molecule has 7 heteroatoms. The summed E-state index contributed by atoms with van der Waals surface area (Å²) in [5, 5.41) is 8.65. The molecule has 4 rings (SSSR count). The summed E-state index contributed by atoms with van der Waals surface area (Å²) in [5.41, 5.74) is 0. The molecule has 23 heavy (non-hydrogen) atoms. The Morgan fingerprint density at radius 1 is 1.17 bits per heavy atom. The smallest absolute Gasteiger partial charge is 0.213 e. The minimum atomic E-state index is 0.404. The largest absolute Gasteiger partial charge is 0.469 e. The van der Waals surface area contributed by atoms with E-state index in [1.165, 1.54) is 0 Å². The van der Waals surface area contributed by atoms with E-state index in [-0.39, 0.29) is 0 Å². The first-order valence-electron chi connectivity index (χ1n) is 8.17. The highest BCUT2D eigenvalue weighted by Gasteiger charge is 2.27. The van der Waals surface area contributed by atoms with Gasteiger partial charge in [-0.2, -0.15) is 0 Å². The number of nitrogens with zero attached hydrogens (tertiary/aromatic N) is 5. The summed E-state index contributed by atoms with van der Waals surface area (Å²) >= 11 is 0. The van der Waals surface area contributed by atoms with Gasteiger partial charge in [0.15, 0.2) is 5.82 Å². The van der Waals surface area contributed by atoms with Crippen LogP contribution in [0.1, 0.15) is 24.5 Å². The average molecular weight is 315 g/mol. The van der Waals surface area contributed by atoms with Gasteiger partial charge in [-0.25, -0.2) is 4.98 Å². The fourth-order valence-electron chi connectivity index (χ4n) is 3.28. The molecule has 122 valence electrons. The molecule has 2 aliphatic heterocycles. The molecule has 7 nitrogen and oxygen atoms in total. The van der Waals surface area contributed by atoms with E-state index in [0.717, 1.165) is 57.3 Å². The molecule has 0 aromatic carbocycles. The number of aromatic nitrogens is 4. The van der Waals surface area contributed by atoms with Crippen LogP contribution in [-0.4, -0.2) is 50.4 Å². The molecule has 0 N–H and O–H groups in total. The lowest BCUT2D eigenvalue weighted by Gasteiger charge is -2.36. The maximum Gasteiger partial charge on any atom is 0.213 e. The SMILES string of the molecule is c1ccc(OCc2nnc3n2CCN(C2CCOCC2)C3)nc1. The highest BCUT2D eigenvalue weighted by atomic mass is 16.5. The van der Waals surface area contributed by atoms with Gasteiger partial charge in [0.2, 0.25) is 5.88 Å². The molecule has 2 aromatic rings. The van der Waals surface area contributed by atoms with Crippen molar-refractivity contribution in [2.45, 2.75) is 38.6 Å². The van der Waals surface area contributed by atoms with E-state index in [1.807, 2.05) is 18.2 Å². The van der Waals surface area contributed by atoms with Crippen molar-refractivity contribution in [1.29, 1.82) is 0 Å².